The first kappa shape index (κ1) is 13.6. The molecule has 3 nitrogen and oxygen atoms in total. The van der Waals surface area contributed by atoms with Gasteiger partial charge in [-0.15, -0.1) is 11.3 Å². The van der Waals surface area contributed by atoms with Gasteiger partial charge < -0.3 is 10.5 Å². The average molecular weight is 275 g/mol. The van der Waals surface area contributed by atoms with E-state index < -0.39 is 0 Å². The highest BCUT2D eigenvalue weighted by Gasteiger charge is 2.13. The van der Waals surface area contributed by atoms with Gasteiger partial charge in [-0.3, -0.25) is 0 Å². The largest absolute Gasteiger partial charge is 0.457 e. The maximum Gasteiger partial charge on any atom is 0.348 e. The van der Waals surface area contributed by atoms with Crippen LogP contribution in [0.1, 0.15) is 31.2 Å². The second-order valence-corrected chi connectivity index (χ2v) is 5.88. The molecule has 0 radical (unpaired) electrons. The van der Waals surface area contributed by atoms with Crippen LogP contribution < -0.4 is 5.73 Å². The van der Waals surface area contributed by atoms with E-state index >= 15 is 0 Å². The van der Waals surface area contributed by atoms with E-state index in [1.54, 1.807) is 6.07 Å². The molecule has 0 aliphatic carbocycles. The third-order valence-electron chi connectivity index (χ3n) is 3.02. The Morgan fingerprint density at radius 1 is 1.26 bits per heavy atom. The molecular weight excluding hydrogens is 258 g/mol. The summed E-state index contributed by atoms with van der Waals surface area (Å²) < 4.78 is 5.33. The van der Waals surface area contributed by atoms with Crippen LogP contribution >= 0.6 is 11.3 Å². The summed E-state index contributed by atoms with van der Waals surface area (Å²) in [4.78, 5) is 13.4. The van der Waals surface area contributed by atoms with Crippen LogP contribution in [0.4, 0.5) is 5.69 Å². The van der Waals surface area contributed by atoms with Crippen LogP contribution in [0, 0.1) is 20.8 Å². The van der Waals surface area contributed by atoms with Crippen molar-refractivity contribution in [3.8, 4) is 0 Å². The highest BCUT2D eigenvalue weighted by Crippen LogP contribution is 2.24. The second kappa shape index (κ2) is 5.45. The van der Waals surface area contributed by atoms with Crippen molar-refractivity contribution in [3.05, 3.63) is 50.7 Å². The molecule has 2 N–H and O–H groups in total. The lowest BCUT2D eigenvalue weighted by atomic mass is 10.1. The number of hydrogen-bond donors (Lipinski definition) is 1. The van der Waals surface area contributed by atoms with E-state index in [9.17, 15) is 4.79 Å². The average Bonchev–Trinajstić information content (AvgIpc) is 2.70. The first-order valence-electron chi connectivity index (χ1n) is 6.06. The van der Waals surface area contributed by atoms with Crippen LogP contribution in [0.15, 0.2) is 24.3 Å². The summed E-state index contributed by atoms with van der Waals surface area (Å²) in [5.74, 6) is -0.314. The number of nitrogen functional groups attached to an aromatic ring is 1. The van der Waals surface area contributed by atoms with Crippen molar-refractivity contribution < 1.29 is 9.53 Å². The van der Waals surface area contributed by atoms with Crippen LogP contribution in [-0.4, -0.2) is 5.97 Å². The SMILES string of the molecule is Cc1ccc(C)c(COC(=O)c2cc(N)c(C)s2)c1. The van der Waals surface area contributed by atoms with Gasteiger partial charge >= 0.3 is 5.97 Å². The molecule has 1 aromatic carbocycles. The third kappa shape index (κ3) is 3.15. The number of esters is 1. The summed E-state index contributed by atoms with van der Waals surface area (Å²) in [5, 5.41) is 0. The van der Waals surface area contributed by atoms with Crippen LogP contribution in [0.5, 0.6) is 0 Å². The number of ether oxygens (including phenoxy) is 1. The van der Waals surface area contributed by atoms with Gasteiger partial charge in [0.1, 0.15) is 11.5 Å². The zero-order valence-electron chi connectivity index (χ0n) is 11.3. The number of rotatable bonds is 3. The number of aryl methyl sites for hydroxylation is 3. The summed E-state index contributed by atoms with van der Waals surface area (Å²) >= 11 is 1.37. The minimum Gasteiger partial charge on any atom is -0.457 e. The lowest BCUT2D eigenvalue weighted by Gasteiger charge is -2.07. The van der Waals surface area contributed by atoms with Gasteiger partial charge in [0, 0.05) is 10.6 Å². The van der Waals surface area contributed by atoms with E-state index in [4.69, 9.17) is 10.5 Å². The molecule has 0 atom stereocenters. The molecule has 1 aromatic heterocycles. The molecule has 0 spiro atoms. The fourth-order valence-electron chi connectivity index (χ4n) is 1.77. The quantitative estimate of drug-likeness (QED) is 0.870. The highest BCUT2D eigenvalue weighted by molar-refractivity contribution is 7.14. The molecule has 1 heterocycles. The molecule has 0 saturated carbocycles. The summed E-state index contributed by atoms with van der Waals surface area (Å²) in [5.41, 5.74) is 9.70. The minimum atomic E-state index is -0.314. The van der Waals surface area contributed by atoms with Gasteiger partial charge in [-0.25, -0.2) is 4.79 Å². The number of benzene rings is 1. The van der Waals surface area contributed by atoms with E-state index in [1.165, 1.54) is 11.3 Å². The standard InChI is InChI=1S/C15H17NO2S/c1-9-4-5-10(2)12(6-9)8-18-15(17)14-7-13(16)11(3)19-14/h4-7H,8,16H2,1-3H3. The van der Waals surface area contributed by atoms with Gasteiger partial charge in [0.05, 0.1) is 0 Å². The van der Waals surface area contributed by atoms with Crippen molar-refractivity contribution in [2.24, 2.45) is 0 Å². The number of carbonyl (C=O) groups is 1. The van der Waals surface area contributed by atoms with Crippen molar-refractivity contribution in [3.63, 3.8) is 0 Å². The van der Waals surface area contributed by atoms with Crippen molar-refractivity contribution >= 4 is 23.0 Å². The number of carbonyl (C=O) groups excluding carboxylic acids is 1. The van der Waals surface area contributed by atoms with Gasteiger partial charge in [-0.05, 0) is 38.0 Å². The van der Waals surface area contributed by atoms with Crippen LogP contribution in [0.25, 0.3) is 0 Å². The maximum atomic E-state index is 11.9. The summed E-state index contributed by atoms with van der Waals surface area (Å²) in [6.07, 6.45) is 0. The van der Waals surface area contributed by atoms with Gasteiger partial charge in [0.15, 0.2) is 0 Å². The predicted molar refractivity (Wildman–Crippen MR) is 78.5 cm³/mol. The van der Waals surface area contributed by atoms with Crippen molar-refractivity contribution in [1.29, 1.82) is 0 Å². The molecule has 19 heavy (non-hydrogen) atoms. The van der Waals surface area contributed by atoms with Crippen molar-refractivity contribution in [1.82, 2.24) is 0 Å². The zero-order chi connectivity index (χ0) is 14.0. The predicted octanol–water partition coefficient (Wildman–Crippen LogP) is 3.61. The maximum absolute atomic E-state index is 11.9. The van der Waals surface area contributed by atoms with E-state index in [2.05, 4.69) is 0 Å². The Bertz CT molecular complexity index is 597. The highest BCUT2D eigenvalue weighted by atomic mass is 32.1. The Hall–Kier alpha value is -1.81. The molecule has 0 unspecified atom stereocenters. The molecule has 100 valence electrons. The summed E-state index contributed by atoms with van der Waals surface area (Å²) in [6, 6.07) is 7.79. The Morgan fingerprint density at radius 2 is 2.00 bits per heavy atom. The number of hydrogen-bond acceptors (Lipinski definition) is 4. The lowest BCUT2D eigenvalue weighted by molar-refractivity contribution is 0.0478. The Kier molecular flexibility index (Phi) is 3.90. The van der Waals surface area contributed by atoms with Crippen molar-refractivity contribution in [2.75, 3.05) is 5.73 Å². The fraction of sp³-hybridized carbons (Fsp3) is 0.267. The number of anilines is 1. The summed E-state index contributed by atoms with van der Waals surface area (Å²) in [7, 11) is 0. The van der Waals surface area contributed by atoms with Gasteiger partial charge in [-0.2, -0.15) is 0 Å². The normalized spacial score (nSPS) is 10.5. The molecule has 0 bridgehead atoms. The molecule has 0 aliphatic heterocycles. The Labute approximate surface area is 117 Å². The second-order valence-electron chi connectivity index (χ2n) is 4.63. The summed E-state index contributed by atoms with van der Waals surface area (Å²) in [6.45, 7) is 6.22. The smallest absolute Gasteiger partial charge is 0.348 e. The Balaban J connectivity index is 2.06. The molecular formula is C15H17NO2S. The van der Waals surface area contributed by atoms with E-state index in [0.717, 1.165) is 21.6 Å². The lowest BCUT2D eigenvalue weighted by Crippen LogP contribution is -2.04. The van der Waals surface area contributed by atoms with Gasteiger partial charge in [0.2, 0.25) is 0 Å². The van der Waals surface area contributed by atoms with Gasteiger partial charge in [-0.1, -0.05) is 23.8 Å². The zero-order valence-corrected chi connectivity index (χ0v) is 12.1. The van der Waals surface area contributed by atoms with Crippen molar-refractivity contribution in [2.45, 2.75) is 27.4 Å². The number of nitrogens with two attached hydrogens (primary N) is 1. The third-order valence-corrected chi connectivity index (χ3v) is 4.07. The first-order valence-corrected chi connectivity index (χ1v) is 6.88. The van der Waals surface area contributed by atoms with E-state index in [-0.39, 0.29) is 5.97 Å². The first-order chi connectivity index (χ1) is 8.97. The van der Waals surface area contributed by atoms with E-state index in [0.29, 0.717) is 17.2 Å². The van der Waals surface area contributed by atoms with Gasteiger partial charge in [0.25, 0.3) is 0 Å². The number of thiophene rings is 1. The van der Waals surface area contributed by atoms with Crippen LogP contribution in [0.3, 0.4) is 0 Å². The van der Waals surface area contributed by atoms with Crippen LogP contribution in [0.2, 0.25) is 0 Å². The monoisotopic (exact) mass is 275 g/mol. The molecule has 0 amide bonds. The molecule has 4 heteroatoms. The molecule has 0 saturated heterocycles. The topological polar surface area (TPSA) is 52.3 Å². The Morgan fingerprint density at radius 3 is 2.63 bits per heavy atom. The molecule has 2 aromatic rings. The minimum absolute atomic E-state index is 0.295. The molecule has 0 fully saturated rings. The van der Waals surface area contributed by atoms with Crippen LogP contribution in [-0.2, 0) is 11.3 Å². The van der Waals surface area contributed by atoms with E-state index in [1.807, 2.05) is 39.0 Å². The molecule has 0 aliphatic rings. The fourth-order valence-corrected chi connectivity index (χ4v) is 2.60. The molecule has 2 rings (SSSR count).